The molecule has 2 heterocycles. The fourth-order valence-electron chi connectivity index (χ4n) is 2.09. The summed E-state index contributed by atoms with van der Waals surface area (Å²) >= 11 is 1.11. The Morgan fingerprint density at radius 2 is 2.09 bits per heavy atom. The maximum absolute atomic E-state index is 12.3. The monoisotopic (exact) mass is 347 g/mol. The van der Waals surface area contributed by atoms with E-state index < -0.39 is 11.0 Å². The molecule has 0 amide bonds. The highest BCUT2D eigenvalue weighted by molar-refractivity contribution is 7.88. The fraction of sp³-hybridized carbons (Fsp3) is 0.267. The van der Waals surface area contributed by atoms with Gasteiger partial charge in [0.2, 0.25) is 4.34 Å². The van der Waals surface area contributed by atoms with Crippen LogP contribution in [-0.2, 0) is 11.0 Å². The van der Waals surface area contributed by atoms with Crippen molar-refractivity contribution in [3.05, 3.63) is 35.3 Å². The van der Waals surface area contributed by atoms with Crippen LogP contribution in [0.4, 0.5) is 5.69 Å². The van der Waals surface area contributed by atoms with Gasteiger partial charge < -0.3 is 4.98 Å². The van der Waals surface area contributed by atoms with Crippen LogP contribution in [0.2, 0.25) is 0 Å². The van der Waals surface area contributed by atoms with E-state index in [2.05, 4.69) is 25.1 Å². The Morgan fingerprint density at radius 1 is 1.35 bits per heavy atom. The van der Waals surface area contributed by atoms with Crippen LogP contribution in [0, 0.1) is 25.2 Å². The summed E-state index contributed by atoms with van der Waals surface area (Å²) in [7, 11) is -1.48. The van der Waals surface area contributed by atoms with Crippen molar-refractivity contribution in [2.75, 3.05) is 4.72 Å². The highest BCUT2D eigenvalue weighted by Gasteiger charge is 2.14. The Labute approximate surface area is 141 Å². The smallest absolute Gasteiger partial charge is 0.221 e. The molecule has 3 rings (SSSR count). The quantitative estimate of drug-likeness (QED) is 0.756. The van der Waals surface area contributed by atoms with Crippen LogP contribution in [0.25, 0.3) is 10.9 Å². The normalized spacial score (nSPS) is 11.4. The van der Waals surface area contributed by atoms with E-state index in [1.165, 1.54) is 0 Å². The lowest BCUT2D eigenvalue weighted by Crippen LogP contribution is -2.05. The number of hydrogen-bond donors (Lipinski definition) is 2. The molecule has 0 aliphatic carbocycles. The third-order valence-corrected chi connectivity index (χ3v) is 5.13. The number of fused-ring (bicyclic) bond motifs is 1. The summed E-state index contributed by atoms with van der Waals surface area (Å²) in [4.78, 5) is 7.17. The molecule has 120 valence electrons. The van der Waals surface area contributed by atoms with Gasteiger partial charge in [0.15, 0.2) is 11.0 Å². The van der Waals surface area contributed by atoms with Gasteiger partial charge in [-0.2, -0.15) is 9.64 Å². The van der Waals surface area contributed by atoms with E-state index >= 15 is 0 Å². The van der Waals surface area contributed by atoms with Gasteiger partial charge in [0.1, 0.15) is 11.9 Å². The van der Waals surface area contributed by atoms with Crippen molar-refractivity contribution in [3.8, 4) is 6.07 Å². The second kappa shape index (κ2) is 7.35. The summed E-state index contributed by atoms with van der Waals surface area (Å²) in [6, 6.07) is 5.88. The Kier molecular flexibility index (Phi) is 5.47. The molecule has 0 aliphatic rings. The fourth-order valence-corrected chi connectivity index (χ4v) is 3.69. The number of anilines is 1. The molecule has 23 heavy (non-hydrogen) atoms. The molecule has 0 radical (unpaired) electrons. The summed E-state index contributed by atoms with van der Waals surface area (Å²) in [5.74, 6) is 0.603. The number of aryl methyl sites for hydroxylation is 2. The number of H-pyrrole nitrogens is 1. The summed E-state index contributed by atoms with van der Waals surface area (Å²) < 4.78 is 19.6. The Morgan fingerprint density at radius 3 is 2.70 bits per heavy atom. The first-order chi connectivity index (χ1) is 11.1. The van der Waals surface area contributed by atoms with Gasteiger partial charge in [-0.3, -0.25) is 4.72 Å². The van der Waals surface area contributed by atoms with Gasteiger partial charge >= 0.3 is 0 Å². The second-order valence-electron chi connectivity index (χ2n) is 4.47. The number of nitrogens with zero attached hydrogens (tertiary/aromatic N) is 3. The lowest BCUT2D eigenvalue weighted by molar-refractivity contribution is 0.685. The van der Waals surface area contributed by atoms with Crippen LogP contribution in [-0.4, -0.2) is 18.6 Å². The highest BCUT2D eigenvalue weighted by Crippen LogP contribution is 2.29. The molecule has 0 saturated heterocycles. The molecule has 2 N–H and O–H groups in total. The molecule has 3 aromatic rings. The Bertz CT molecular complexity index is 891. The molecule has 6 nitrogen and oxygen atoms in total. The van der Waals surface area contributed by atoms with Crippen LogP contribution in [0.5, 0.6) is 0 Å². The van der Waals surface area contributed by atoms with Gasteiger partial charge in [0, 0.05) is 11.6 Å². The number of hydrogen-bond acceptors (Lipinski definition) is 5. The number of aromatic nitrogens is 3. The molecule has 0 aliphatic heterocycles. The number of nitriles is 1. The van der Waals surface area contributed by atoms with E-state index in [-0.39, 0.29) is 0 Å². The van der Waals surface area contributed by atoms with E-state index in [9.17, 15) is 4.21 Å². The topological polar surface area (TPSA) is 94.5 Å². The standard InChI is InChI=1S/C13H11N5OS2.C2H6/c1-7-3-4-10(12-11(7)9(5-14)6-15-12)18-21(19)13-16-8(2)17-20-13;1-2/h3-4,6,15,18H,1-2H3;1-2H3. The summed E-state index contributed by atoms with van der Waals surface area (Å²) in [5.41, 5.74) is 3.00. The van der Waals surface area contributed by atoms with Crippen molar-refractivity contribution in [1.82, 2.24) is 14.3 Å². The third kappa shape index (κ3) is 3.41. The molecule has 1 aromatic carbocycles. The molecule has 1 unspecified atom stereocenters. The zero-order chi connectivity index (χ0) is 17.0. The van der Waals surface area contributed by atoms with Gasteiger partial charge in [0.25, 0.3) is 0 Å². The van der Waals surface area contributed by atoms with Crippen LogP contribution in [0.15, 0.2) is 22.7 Å². The lowest BCUT2D eigenvalue weighted by Gasteiger charge is -2.06. The first-order valence-electron chi connectivity index (χ1n) is 7.09. The van der Waals surface area contributed by atoms with Crippen LogP contribution in [0.3, 0.4) is 0 Å². The van der Waals surface area contributed by atoms with Crippen molar-refractivity contribution in [2.24, 2.45) is 0 Å². The number of nitrogens with one attached hydrogen (secondary N) is 2. The summed E-state index contributed by atoms with van der Waals surface area (Å²) in [6.07, 6.45) is 1.65. The zero-order valence-corrected chi connectivity index (χ0v) is 14.9. The number of benzene rings is 1. The average molecular weight is 347 g/mol. The minimum Gasteiger partial charge on any atom is -0.358 e. The van der Waals surface area contributed by atoms with Gasteiger partial charge in [0.05, 0.1) is 16.8 Å². The molecule has 2 aromatic heterocycles. The van der Waals surface area contributed by atoms with Crippen LogP contribution >= 0.6 is 11.5 Å². The van der Waals surface area contributed by atoms with E-state index in [0.29, 0.717) is 21.4 Å². The molecular weight excluding hydrogens is 330 g/mol. The minimum absolute atomic E-state index is 0.424. The van der Waals surface area contributed by atoms with E-state index in [0.717, 1.165) is 28.0 Å². The van der Waals surface area contributed by atoms with E-state index in [1.54, 1.807) is 13.1 Å². The Balaban J connectivity index is 0.000000924. The van der Waals surface area contributed by atoms with Crippen molar-refractivity contribution >= 4 is 39.1 Å². The van der Waals surface area contributed by atoms with Crippen molar-refractivity contribution < 1.29 is 4.21 Å². The lowest BCUT2D eigenvalue weighted by atomic mass is 10.1. The Hall–Kier alpha value is -2.24. The molecule has 0 bridgehead atoms. The van der Waals surface area contributed by atoms with Gasteiger partial charge in [-0.15, -0.1) is 0 Å². The van der Waals surface area contributed by atoms with Crippen molar-refractivity contribution in [3.63, 3.8) is 0 Å². The van der Waals surface area contributed by atoms with Crippen LogP contribution in [0.1, 0.15) is 30.8 Å². The molecule has 0 spiro atoms. The maximum atomic E-state index is 12.3. The van der Waals surface area contributed by atoms with Gasteiger partial charge in [-0.25, -0.2) is 9.19 Å². The first kappa shape index (κ1) is 17.1. The SMILES string of the molecule is CC.Cc1nsc(S(=O)Nc2ccc(C)c3c(C#N)c[nH]c23)n1. The van der Waals surface area contributed by atoms with E-state index in [4.69, 9.17) is 5.26 Å². The molecule has 0 saturated carbocycles. The largest absolute Gasteiger partial charge is 0.358 e. The number of rotatable bonds is 3. The number of aromatic amines is 1. The van der Waals surface area contributed by atoms with Crippen molar-refractivity contribution in [2.45, 2.75) is 32.0 Å². The minimum atomic E-state index is -1.48. The van der Waals surface area contributed by atoms with Crippen LogP contribution < -0.4 is 4.72 Å². The predicted molar refractivity (Wildman–Crippen MR) is 93.8 cm³/mol. The predicted octanol–water partition coefficient (Wildman–Crippen LogP) is 3.67. The maximum Gasteiger partial charge on any atom is 0.221 e. The highest BCUT2D eigenvalue weighted by atomic mass is 32.2. The summed E-state index contributed by atoms with van der Waals surface area (Å²) in [5, 5.41) is 9.98. The molecule has 1 atom stereocenters. The first-order valence-corrected chi connectivity index (χ1v) is 9.02. The zero-order valence-electron chi connectivity index (χ0n) is 13.3. The van der Waals surface area contributed by atoms with Crippen molar-refractivity contribution in [1.29, 1.82) is 5.26 Å². The molecule has 0 fully saturated rings. The molecule has 8 heteroatoms. The summed E-state index contributed by atoms with van der Waals surface area (Å²) in [6.45, 7) is 7.69. The van der Waals surface area contributed by atoms with Gasteiger partial charge in [-0.05, 0) is 37.0 Å². The van der Waals surface area contributed by atoms with Gasteiger partial charge in [-0.1, -0.05) is 19.9 Å². The second-order valence-corrected chi connectivity index (χ2v) is 6.61. The third-order valence-electron chi connectivity index (χ3n) is 3.03. The average Bonchev–Trinajstić information content (AvgIpc) is 3.18. The molecular formula is C15H17N5OS2. The van der Waals surface area contributed by atoms with E-state index in [1.807, 2.05) is 32.9 Å².